The van der Waals surface area contributed by atoms with Gasteiger partial charge in [-0.25, -0.2) is 15.0 Å². The maximum absolute atomic E-state index is 5.13. The van der Waals surface area contributed by atoms with Crippen molar-refractivity contribution in [2.45, 2.75) is 0 Å². The third kappa shape index (κ3) is 4.46. The minimum absolute atomic E-state index is 0.871. The number of rotatable bonds is 5. The van der Waals surface area contributed by atoms with Gasteiger partial charge in [0.25, 0.3) is 0 Å². The van der Waals surface area contributed by atoms with Crippen LogP contribution in [-0.2, 0) is 0 Å². The van der Waals surface area contributed by atoms with Crippen LogP contribution in [0, 0.1) is 0 Å². The molecule has 0 amide bonds. The van der Waals surface area contributed by atoms with Crippen molar-refractivity contribution in [3.63, 3.8) is 0 Å². The lowest BCUT2D eigenvalue weighted by molar-refractivity contribution is 1.10. The van der Waals surface area contributed by atoms with Crippen molar-refractivity contribution in [3.8, 4) is 50.7 Å². The van der Waals surface area contributed by atoms with Crippen LogP contribution in [0.1, 0.15) is 0 Å². The highest BCUT2D eigenvalue weighted by Crippen LogP contribution is 2.37. The van der Waals surface area contributed by atoms with Crippen LogP contribution >= 0.6 is 0 Å². The molecular weight excluding hydrogens is 524 g/mol. The van der Waals surface area contributed by atoms with Gasteiger partial charge in [0.2, 0.25) is 0 Å². The Hall–Kier alpha value is -5.87. The third-order valence-corrected chi connectivity index (χ3v) is 7.83. The number of nitrogens with zero attached hydrogens (tertiary/aromatic N) is 4. The van der Waals surface area contributed by atoms with Gasteiger partial charge in [0.15, 0.2) is 0 Å². The molecule has 4 nitrogen and oxygen atoms in total. The van der Waals surface area contributed by atoms with Crippen molar-refractivity contribution in [3.05, 3.63) is 158 Å². The van der Waals surface area contributed by atoms with E-state index in [0.717, 1.165) is 72.8 Å². The van der Waals surface area contributed by atoms with Gasteiger partial charge in [0, 0.05) is 22.4 Å². The van der Waals surface area contributed by atoms with Gasteiger partial charge in [-0.2, -0.15) is 0 Å². The molecule has 0 unspecified atom stereocenters. The largest absolute Gasteiger partial charge is 0.292 e. The van der Waals surface area contributed by atoms with E-state index in [4.69, 9.17) is 15.0 Å². The van der Waals surface area contributed by atoms with Crippen LogP contribution in [0.5, 0.6) is 0 Å². The molecule has 2 aromatic heterocycles. The first-order valence-electron chi connectivity index (χ1n) is 14.4. The van der Waals surface area contributed by atoms with E-state index in [-0.39, 0.29) is 0 Å². The van der Waals surface area contributed by atoms with Gasteiger partial charge in [-0.15, -0.1) is 0 Å². The highest BCUT2D eigenvalue weighted by molar-refractivity contribution is 5.90. The van der Waals surface area contributed by atoms with Crippen LogP contribution in [0.4, 0.5) is 0 Å². The predicted molar refractivity (Wildman–Crippen MR) is 176 cm³/mol. The molecule has 0 radical (unpaired) electrons. The van der Waals surface area contributed by atoms with E-state index in [1.54, 1.807) is 0 Å². The van der Waals surface area contributed by atoms with Crippen molar-refractivity contribution in [2.75, 3.05) is 0 Å². The number of imidazole rings is 1. The molecule has 4 heteroatoms. The van der Waals surface area contributed by atoms with Gasteiger partial charge in [-0.1, -0.05) is 121 Å². The van der Waals surface area contributed by atoms with Gasteiger partial charge >= 0.3 is 0 Å². The number of aromatic nitrogens is 4. The zero-order valence-corrected chi connectivity index (χ0v) is 23.3. The first-order chi connectivity index (χ1) is 21.3. The summed E-state index contributed by atoms with van der Waals surface area (Å²) >= 11 is 0. The molecule has 202 valence electrons. The van der Waals surface area contributed by atoms with Gasteiger partial charge in [-0.05, 0) is 47.5 Å². The molecule has 8 rings (SSSR count). The number of hydrogen-bond donors (Lipinski definition) is 0. The smallest absolute Gasteiger partial charge is 0.146 e. The molecule has 0 spiro atoms. The second kappa shape index (κ2) is 10.5. The van der Waals surface area contributed by atoms with Gasteiger partial charge < -0.3 is 0 Å². The second-order valence-corrected chi connectivity index (χ2v) is 10.5. The van der Waals surface area contributed by atoms with E-state index in [9.17, 15) is 0 Å². The average molecular weight is 551 g/mol. The number of fused-ring (bicyclic) bond motifs is 2. The Morgan fingerprint density at radius 2 is 0.837 bits per heavy atom. The van der Waals surface area contributed by atoms with Crippen LogP contribution in [-0.4, -0.2) is 19.5 Å². The molecule has 0 atom stereocenters. The van der Waals surface area contributed by atoms with Gasteiger partial charge in [0.1, 0.15) is 5.82 Å². The molecule has 0 aliphatic heterocycles. The van der Waals surface area contributed by atoms with E-state index < -0.39 is 0 Å². The number of hydrogen-bond acceptors (Lipinski definition) is 3. The molecule has 0 saturated carbocycles. The topological polar surface area (TPSA) is 43.6 Å². The van der Waals surface area contributed by atoms with E-state index in [0.29, 0.717) is 0 Å². The van der Waals surface area contributed by atoms with E-state index in [2.05, 4.69) is 108 Å². The highest BCUT2D eigenvalue weighted by Gasteiger charge is 2.18. The van der Waals surface area contributed by atoms with Crippen molar-refractivity contribution in [2.24, 2.45) is 0 Å². The van der Waals surface area contributed by atoms with Crippen LogP contribution in [0.15, 0.2) is 158 Å². The molecule has 43 heavy (non-hydrogen) atoms. The number of benzene rings is 6. The maximum Gasteiger partial charge on any atom is 0.146 e. The van der Waals surface area contributed by atoms with Crippen molar-refractivity contribution >= 4 is 22.1 Å². The zero-order valence-electron chi connectivity index (χ0n) is 23.3. The Labute approximate surface area is 249 Å². The van der Waals surface area contributed by atoms with E-state index in [1.807, 2.05) is 54.6 Å². The van der Waals surface area contributed by atoms with Gasteiger partial charge in [-0.3, -0.25) is 4.57 Å². The Kier molecular flexibility index (Phi) is 6.08. The maximum atomic E-state index is 5.13. The third-order valence-electron chi connectivity index (χ3n) is 7.83. The van der Waals surface area contributed by atoms with Crippen molar-refractivity contribution in [1.82, 2.24) is 19.5 Å². The first kappa shape index (κ1) is 24.9. The second-order valence-electron chi connectivity index (χ2n) is 10.5. The van der Waals surface area contributed by atoms with Crippen LogP contribution in [0.25, 0.3) is 72.8 Å². The average Bonchev–Trinajstić information content (AvgIpc) is 3.48. The molecule has 8 aromatic rings. The molecule has 0 fully saturated rings. The van der Waals surface area contributed by atoms with Gasteiger partial charge in [0.05, 0.1) is 33.5 Å². The summed E-state index contributed by atoms with van der Waals surface area (Å²) in [6.45, 7) is 0. The Balaban J connectivity index is 1.27. The number of para-hydroxylation sites is 5. The molecule has 2 heterocycles. The van der Waals surface area contributed by atoms with Crippen LogP contribution < -0.4 is 0 Å². The van der Waals surface area contributed by atoms with Crippen LogP contribution in [0.3, 0.4) is 0 Å². The lowest BCUT2D eigenvalue weighted by Crippen LogP contribution is -1.98. The molecule has 0 aliphatic carbocycles. The Morgan fingerprint density at radius 1 is 0.349 bits per heavy atom. The SMILES string of the molecule is c1ccc(-c2nc3ccccc3nc2-c2ccc(-c3ccccc3-c3nc4ccccc4n3-c3ccccc3)cc2)cc1. The molecular formula is C39H26N4. The summed E-state index contributed by atoms with van der Waals surface area (Å²) in [6, 6.07) is 54.2. The summed E-state index contributed by atoms with van der Waals surface area (Å²) in [6.07, 6.45) is 0. The summed E-state index contributed by atoms with van der Waals surface area (Å²) in [7, 11) is 0. The van der Waals surface area contributed by atoms with Crippen molar-refractivity contribution < 1.29 is 0 Å². The van der Waals surface area contributed by atoms with E-state index in [1.165, 1.54) is 0 Å². The fraction of sp³-hybridized carbons (Fsp3) is 0. The zero-order chi connectivity index (χ0) is 28.6. The summed E-state index contributed by atoms with van der Waals surface area (Å²) in [5.74, 6) is 0.916. The normalized spacial score (nSPS) is 11.3. The minimum atomic E-state index is 0.871. The summed E-state index contributed by atoms with van der Waals surface area (Å²) in [5, 5.41) is 0. The first-order valence-corrected chi connectivity index (χ1v) is 14.4. The van der Waals surface area contributed by atoms with E-state index >= 15 is 0 Å². The standard InChI is InChI=1S/C39H26N4/c1-3-13-28(14-4-1)37-38(41-34-20-10-9-19-33(34)40-37)29-25-23-27(24-26-29)31-17-7-8-18-32(31)39-42-35-21-11-12-22-36(35)43(39)30-15-5-2-6-16-30/h1-26H. The molecule has 0 aliphatic rings. The minimum Gasteiger partial charge on any atom is -0.292 e. The monoisotopic (exact) mass is 550 g/mol. The quantitative estimate of drug-likeness (QED) is 0.214. The summed E-state index contributed by atoms with van der Waals surface area (Å²) in [5.41, 5.74) is 12.0. The Morgan fingerprint density at radius 3 is 1.51 bits per heavy atom. The lowest BCUT2D eigenvalue weighted by Gasteiger charge is -2.14. The summed E-state index contributed by atoms with van der Waals surface area (Å²) in [4.78, 5) is 15.3. The fourth-order valence-electron chi connectivity index (χ4n) is 5.78. The van der Waals surface area contributed by atoms with Crippen LogP contribution in [0.2, 0.25) is 0 Å². The predicted octanol–water partition coefficient (Wildman–Crippen LogP) is 9.64. The molecule has 0 saturated heterocycles. The lowest BCUT2D eigenvalue weighted by atomic mass is 9.96. The Bertz CT molecular complexity index is 2220. The molecule has 6 aromatic carbocycles. The highest BCUT2D eigenvalue weighted by atomic mass is 15.1. The summed E-state index contributed by atoms with van der Waals surface area (Å²) < 4.78 is 2.25. The fourth-order valence-corrected chi connectivity index (χ4v) is 5.78. The van der Waals surface area contributed by atoms with Crippen molar-refractivity contribution in [1.29, 1.82) is 0 Å². The molecule has 0 bridgehead atoms. The molecule has 0 N–H and O–H groups in total.